The normalized spacial score (nSPS) is 28.9. The van der Waals surface area contributed by atoms with Crippen LogP contribution in [0.1, 0.15) is 12.8 Å². The molecule has 3 nitrogen and oxygen atoms in total. The van der Waals surface area contributed by atoms with Crippen LogP contribution in [-0.4, -0.2) is 26.3 Å². The van der Waals surface area contributed by atoms with E-state index in [4.69, 9.17) is 10.00 Å². The van der Waals surface area contributed by atoms with Gasteiger partial charge >= 0.3 is 0 Å². The van der Waals surface area contributed by atoms with E-state index in [-0.39, 0.29) is 5.41 Å². The van der Waals surface area contributed by atoms with Gasteiger partial charge in [0, 0.05) is 5.92 Å². The van der Waals surface area contributed by atoms with Gasteiger partial charge in [-0.25, -0.2) is 0 Å². The van der Waals surface area contributed by atoms with Gasteiger partial charge in [0.15, 0.2) is 0 Å². The van der Waals surface area contributed by atoms with E-state index in [9.17, 15) is 0 Å². The molecular formula is C9H14N2O. The summed E-state index contributed by atoms with van der Waals surface area (Å²) >= 11 is 0. The van der Waals surface area contributed by atoms with Crippen molar-refractivity contribution < 1.29 is 4.74 Å². The first-order valence-electron chi connectivity index (χ1n) is 4.57. The summed E-state index contributed by atoms with van der Waals surface area (Å²) in [6.07, 6.45) is 2.00. The van der Waals surface area contributed by atoms with E-state index in [0.29, 0.717) is 5.92 Å². The molecule has 2 heterocycles. The lowest BCUT2D eigenvalue weighted by Crippen LogP contribution is -2.48. The molecule has 2 rings (SSSR count). The van der Waals surface area contributed by atoms with Crippen molar-refractivity contribution >= 4 is 0 Å². The maximum absolute atomic E-state index is 9.14. The Hall–Kier alpha value is -0.590. The fourth-order valence-corrected chi connectivity index (χ4v) is 2.04. The van der Waals surface area contributed by atoms with Gasteiger partial charge in [-0.15, -0.1) is 0 Å². The monoisotopic (exact) mass is 166 g/mol. The SMILES string of the molecule is N#CC1(C2COC2)CCNCC1. The van der Waals surface area contributed by atoms with Crippen LogP contribution in [0.4, 0.5) is 0 Å². The van der Waals surface area contributed by atoms with Crippen LogP contribution in [-0.2, 0) is 4.74 Å². The van der Waals surface area contributed by atoms with Gasteiger partial charge in [0.05, 0.1) is 24.7 Å². The Balaban J connectivity index is 2.06. The van der Waals surface area contributed by atoms with Crippen molar-refractivity contribution in [2.45, 2.75) is 12.8 Å². The van der Waals surface area contributed by atoms with E-state index in [1.54, 1.807) is 0 Å². The predicted molar refractivity (Wildman–Crippen MR) is 44.5 cm³/mol. The summed E-state index contributed by atoms with van der Waals surface area (Å²) in [5, 5.41) is 12.4. The number of nitrogens with one attached hydrogen (secondary N) is 1. The number of rotatable bonds is 1. The third-order valence-electron chi connectivity index (χ3n) is 3.14. The molecule has 0 spiro atoms. The van der Waals surface area contributed by atoms with E-state index in [2.05, 4.69) is 11.4 Å². The molecule has 0 amide bonds. The van der Waals surface area contributed by atoms with Gasteiger partial charge in [0.2, 0.25) is 0 Å². The molecule has 0 aromatic carbocycles. The van der Waals surface area contributed by atoms with Crippen molar-refractivity contribution in [1.82, 2.24) is 5.32 Å². The minimum absolute atomic E-state index is 0.0660. The lowest BCUT2D eigenvalue weighted by Gasteiger charge is -2.42. The minimum Gasteiger partial charge on any atom is -0.381 e. The molecule has 0 unspecified atom stereocenters. The standard InChI is InChI=1S/C9H14N2O/c10-7-9(8-5-12-6-8)1-3-11-4-2-9/h8,11H,1-6H2. The lowest BCUT2D eigenvalue weighted by molar-refractivity contribution is -0.0888. The predicted octanol–water partition coefficient (Wildman–Crippen LogP) is 0.526. The Morgan fingerprint density at radius 1 is 1.33 bits per heavy atom. The summed E-state index contributed by atoms with van der Waals surface area (Å²) in [5.41, 5.74) is -0.0660. The summed E-state index contributed by atoms with van der Waals surface area (Å²) in [4.78, 5) is 0. The van der Waals surface area contributed by atoms with Crippen molar-refractivity contribution in [3.63, 3.8) is 0 Å². The fraction of sp³-hybridized carbons (Fsp3) is 0.889. The first kappa shape index (κ1) is 8.03. The zero-order valence-corrected chi connectivity index (χ0v) is 7.18. The van der Waals surface area contributed by atoms with Gasteiger partial charge in [-0.1, -0.05) is 0 Å². The number of nitrogens with zero attached hydrogens (tertiary/aromatic N) is 1. The van der Waals surface area contributed by atoms with E-state index in [0.717, 1.165) is 39.1 Å². The highest BCUT2D eigenvalue weighted by atomic mass is 16.5. The maximum Gasteiger partial charge on any atom is 0.0695 e. The summed E-state index contributed by atoms with van der Waals surface area (Å²) in [6.45, 7) is 3.58. The van der Waals surface area contributed by atoms with Crippen molar-refractivity contribution in [3.8, 4) is 6.07 Å². The first-order chi connectivity index (χ1) is 5.87. The number of hydrogen-bond acceptors (Lipinski definition) is 3. The quantitative estimate of drug-likeness (QED) is 0.618. The second-order valence-corrected chi connectivity index (χ2v) is 3.75. The van der Waals surface area contributed by atoms with Crippen LogP contribution in [0, 0.1) is 22.7 Å². The molecule has 12 heavy (non-hydrogen) atoms. The van der Waals surface area contributed by atoms with Gasteiger partial charge < -0.3 is 10.1 Å². The largest absolute Gasteiger partial charge is 0.381 e. The molecule has 3 heteroatoms. The number of hydrogen-bond donors (Lipinski definition) is 1. The summed E-state index contributed by atoms with van der Waals surface area (Å²) in [6, 6.07) is 2.50. The highest BCUT2D eigenvalue weighted by Gasteiger charge is 2.43. The minimum atomic E-state index is -0.0660. The van der Waals surface area contributed by atoms with Crippen LogP contribution in [0.25, 0.3) is 0 Å². The molecule has 2 saturated heterocycles. The van der Waals surface area contributed by atoms with Crippen LogP contribution < -0.4 is 5.32 Å². The topological polar surface area (TPSA) is 45.0 Å². The molecule has 0 aromatic rings. The molecule has 0 aromatic heterocycles. The zero-order valence-electron chi connectivity index (χ0n) is 7.18. The Morgan fingerprint density at radius 3 is 2.42 bits per heavy atom. The second kappa shape index (κ2) is 3.04. The number of piperidine rings is 1. The van der Waals surface area contributed by atoms with Crippen molar-refractivity contribution in [2.24, 2.45) is 11.3 Å². The Kier molecular flexibility index (Phi) is 2.03. The average Bonchev–Trinajstić information content (AvgIpc) is 2.03. The maximum atomic E-state index is 9.14. The Bertz CT molecular complexity index is 199. The number of nitriles is 1. The molecular weight excluding hydrogens is 152 g/mol. The molecule has 0 bridgehead atoms. The second-order valence-electron chi connectivity index (χ2n) is 3.75. The summed E-state index contributed by atoms with van der Waals surface area (Å²) in [5.74, 6) is 0.504. The van der Waals surface area contributed by atoms with Crippen molar-refractivity contribution in [1.29, 1.82) is 5.26 Å². The van der Waals surface area contributed by atoms with Crippen molar-refractivity contribution in [3.05, 3.63) is 0 Å². The fourth-order valence-electron chi connectivity index (χ4n) is 2.04. The molecule has 2 aliphatic rings. The third kappa shape index (κ3) is 1.12. The smallest absolute Gasteiger partial charge is 0.0695 e. The highest BCUT2D eigenvalue weighted by molar-refractivity contribution is 5.06. The summed E-state index contributed by atoms with van der Waals surface area (Å²) in [7, 11) is 0. The Labute approximate surface area is 72.7 Å². The molecule has 2 aliphatic heterocycles. The van der Waals surface area contributed by atoms with E-state index >= 15 is 0 Å². The third-order valence-corrected chi connectivity index (χ3v) is 3.14. The van der Waals surface area contributed by atoms with E-state index in [1.165, 1.54) is 0 Å². The average molecular weight is 166 g/mol. The molecule has 0 radical (unpaired) electrons. The zero-order chi connectivity index (χ0) is 8.44. The molecule has 0 saturated carbocycles. The highest BCUT2D eigenvalue weighted by Crippen LogP contribution is 2.40. The molecule has 66 valence electrons. The summed E-state index contributed by atoms with van der Waals surface area (Å²) < 4.78 is 5.14. The van der Waals surface area contributed by atoms with Crippen LogP contribution >= 0.6 is 0 Å². The molecule has 0 aliphatic carbocycles. The van der Waals surface area contributed by atoms with Gasteiger partial charge in [0.1, 0.15) is 0 Å². The van der Waals surface area contributed by atoms with Crippen LogP contribution in [0.3, 0.4) is 0 Å². The number of ether oxygens (including phenoxy) is 1. The molecule has 0 atom stereocenters. The van der Waals surface area contributed by atoms with Gasteiger partial charge in [-0.2, -0.15) is 5.26 Å². The van der Waals surface area contributed by atoms with Crippen LogP contribution in [0.15, 0.2) is 0 Å². The van der Waals surface area contributed by atoms with E-state index in [1.807, 2.05) is 0 Å². The first-order valence-corrected chi connectivity index (χ1v) is 4.57. The van der Waals surface area contributed by atoms with Crippen LogP contribution in [0.2, 0.25) is 0 Å². The Morgan fingerprint density at radius 2 is 2.00 bits per heavy atom. The van der Waals surface area contributed by atoms with Gasteiger partial charge in [-0.05, 0) is 25.9 Å². The van der Waals surface area contributed by atoms with Gasteiger partial charge in [-0.3, -0.25) is 0 Å². The molecule has 2 fully saturated rings. The van der Waals surface area contributed by atoms with Crippen molar-refractivity contribution in [2.75, 3.05) is 26.3 Å². The van der Waals surface area contributed by atoms with Gasteiger partial charge in [0.25, 0.3) is 0 Å². The molecule has 1 N–H and O–H groups in total. The van der Waals surface area contributed by atoms with E-state index < -0.39 is 0 Å². The lowest BCUT2D eigenvalue weighted by atomic mass is 9.69. The van der Waals surface area contributed by atoms with Crippen LogP contribution in [0.5, 0.6) is 0 Å².